The molecule has 2 aromatic rings. The van der Waals surface area contributed by atoms with E-state index in [0.29, 0.717) is 5.56 Å². The molecule has 1 N–H and O–H groups in total. The Morgan fingerprint density at radius 1 is 1.14 bits per heavy atom. The lowest BCUT2D eigenvalue weighted by atomic mass is 10.0. The van der Waals surface area contributed by atoms with E-state index >= 15 is 0 Å². The van der Waals surface area contributed by atoms with E-state index in [9.17, 15) is 9.90 Å². The van der Waals surface area contributed by atoms with E-state index in [2.05, 4.69) is 0 Å². The largest absolute Gasteiger partial charge is 0.507 e. The van der Waals surface area contributed by atoms with Crippen LogP contribution in [0.25, 0.3) is 10.8 Å². The second kappa shape index (κ2) is 2.51. The molecular formula is C11H6O2S. The lowest BCUT2D eigenvalue weighted by Gasteiger charge is -2.00. The van der Waals surface area contributed by atoms with Crippen molar-refractivity contribution in [3.63, 3.8) is 0 Å². The van der Waals surface area contributed by atoms with E-state index < -0.39 is 0 Å². The Hall–Kier alpha value is -1.48. The minimum Gasteiger partial charge on any atom is -0.507 e. The molecule has 0 saturated heterocycles. The van der Waals surface area contributed by atoms with Crippen LogP contribution in [0.2, 0.25) is 0 Å². The average molecular weight is 202 g/mol. The van der Waals surface area contributed by atoms with E-state index in [1.165, 1.54) is 11.8 Å². The molecule has 1 aliphatic rings. The summed E-state index contributed by atoms with van der Waals surface area (Å²) in [5, 5.41) is 11.4. The van der Waals surface area contributed by atoms with Gasteiger partial charge in [0.15, 0.2) is 0 Å². The van der Waals surface area contributed by atoms with Crippen LogP contribution in [-0.4, -0.2) is 10.2 Å². The number of thioether (sulfide) groups is 1. The van der Waals surface area contributed by atoms with Crippen LogP contribution in [0.1, 0.15) is 10.4 Å². The maximum Gasteiger partial charge on any atom is 0.228 e. The molecular weight excluding hydrogens is 196 g/mol. The second-order valence-electron chi connectivity index (χ2n) is 3.20. The van der Waals surface area contributed by atoms with Crippen molar-refractivity contribution in [3.05, 3.63) is 35.9 Å². The summed E-state index contributed by atoms with van der Waals surface area (Å²) >= 11 is 1.18. The van der Waals surface area contributed by atoms with Gasteiger partial charge in [-0.3, -0.25) is 4.79 Å². The molecule has 0 saturated carbocycles. The van der Waals surface area contributed by atoms with Gasteiger partial charge in [0.2, 0.25) is 5.12 Å². The molecule has 0 atom stereocenters. The van der Waals surface area contributed by atoms with Crippen LogP contribution in [0.4, 0.5) is 0 Å². The molecule has 68 valence electrons. The molecule has 14 heavy (non-hydrogen) atoms. The quantitative estimate of drug-likeness (QED) is 0.713. The van der Waals surface area contributed by atoms with Crippen LogP contribution < -0.4 is 0 Å². The van der Waals surface area contributed by atoms with Gasteiger partial charge in [0.05, 0.1) is 5.56 Å². The molecule has 2 nitrogen and oxygen atoms in total. The monoisotopic (exact) mass is 202 g/mol. The first-order valence-corrected chi connectivity index (χ1v) is 5.06. The van der Waals surface area contributed by atoms with E-state index in [4.69, 9.17) is 0 Å². The van der Waals surface area contributed by atoms with Crippen LogP contribution in [-0.2, 0) is 0 Å². The van der Waals surface area contributed by atoms with Gasteiger partial charge in [-0.1, -0.05) is 18.2 Å². The van der Waals surface area contributed by atoms with Crippen molar-refractivity contribution in [2.45, 2.75) is 4.90 Å². The third-order valence-corrected chi connectivity index (χ3v) is 3.34. The van der Waals surface area contributed by atoms with Crippen molar-refractivity contribution in [2.24, 2.45) is 0 Å². The summed E-state index contributed by atoms with van der Waals surface area (Å²) in [4.78, 5) is 12.5. The number of carbonyl (C=O) groups excluding carboxylic acids is 1. The van der Waals surface area contributed by atoms with Gasteiger partial charge in [0.25, 0.3) is 0 Å². The van der Waals surface area contributed by atoms with Crippen molar-refractivity contribution < 1.29 is 9.90 Å². The number of hydrogen-bond donors (Lipinski definition) is 1. The minimum absolute atomic E-state index is 0.0608. The summed E-state index contributed by atoms with van der Waals surface area (Å²) in [6.45, 7) is 0. The Morgan fingerprint density at radius 3 is 2.86 bits per heavy atom. The molecule has 0 aliphatic carbocycles. The zero-order valence-corrected chi connectivity index (χ0v) is 7.97. The van der Waals surface area contributed by atoms with Crippen molar-refractivity contribution >= 4 is 27.6 Å². The van der Waals surface area contributed by atoms with Gasteiger partial charge < -0.3 is 5.11 Å². The second-order valence-corrected chi connectivity index (χ2v) is 4.22. The molecule has 3 heteroatoms. The number of phenols is 1. The van der Waals surface area contributed by atoms with Crippen LogP contribution in [0.3, 0.4) is 0 Å². The van der Waals surface area contributed by atoms with Crippen molar-refractivity contribution in [1.82, 2.24) is 0 Å². The van der Waals surface area contributed by atoms with Crippen LogP contribution in [0.15, 0.2) is 35.2 Å². The molecule has 0 unspecified atom stereocenters. The Morgan fingerprint density at radius 2 is 2.00 bits per heavy atom. The lowest BCUT2D eigenvalue weighted by molar-refractivity contribution is 0.109. The molecule has 0 radical (unpaired) electrons. The summed E-state index contributed by atoms with van der Waals surface area (Å²) < 4.78 is 0. The maximum atomic E-state index is 11.6. The molecule has 0 bridgehead atoms. The Kier molecular flexibility index (Phi) is 1.42. The number of phenolic OH excluding ortho intramolecular Hbond substituents is 1. The van der Waals surface area contributed by atoms with Crippen molar-refractivity contribution in [2.75, 3.05) is 0 Å². The van der Waals surface area contributed by atoms with Crippen molar-refractivity contribution in [3.8, 4) is 5.75 Å². The highest BCUT2D eigenvalue weighted by molar-refractivity contribution is 8.14. The molecule has 0 fully saturated rings. The van der Waals surface area contributed by atoms with E-state index in [1.807, 2.05) is 24.3 Å². The number of rotatable bonds is 0. The number of aromatic hydroxyl groups is 1. The predicted molar refractivity (Wildman–Crippen MR) is 55.8 cm³/mol. The zero-order valence-electron chi connectivity index (χ0n) is 7.15. The fourth-order valence-electron chi connectivity index (χ4n) is 1.78. The topological polar surface area (TPSA) is 37.3 Å². The van der Waals surface area contributed by atoms with Gasteiger partial charge in [-0.2, -0.15) is 0 Å². The molecule has 0 spiro atoms. The summed E-state index contributed by atoms with van der Waals surface area (Å²) in [6, 6.07) is 9.17. The van der Waals surface area contributed by atoms with Gasteiger partial charge in [0, 0.05) is 10.3 Å². The van der Waals surface area contributed by atoms with Gasteiger partial charge in [0.1, 0.15) is 5.75 Å². The number of carbonyl (C=O) groups is 1. The van der Waals surface area contributed by atoms with Crippen molar-refractivity contribution in [1.29, 1.82) is 0 Å². The first kappa shape index (κ1) is 7.88. The van der Waals surface area contributed by atoms with Gasteiger partial charge in [-0.05, 0) is 29.3 Å². The third-order valence-electron chi connectivity index (χ3n) is 2.39. The molecule has 0 amide bonds. The third kappa shape index (κ3) is 0.849. The normalized spacial score (nSPS) is 13.9. The lowest BCUT2D eigenvalue weighted by Crippen LogP contribution is -1.87. The zero-order chi connectivity index (χ0) is 9.71. The molecule has 0 aromatic heterocycles. The van der Waals surface area contributed by atoms with Gasteiger partial charge in [-0.15, -0.1) is 0 Å². The van der Waals surface area contributed by atoms with Gasteiger partial charge >= 0.3 is 0 Å². The number of benzene rings is 2. The smallest absolute Gasteiger partial charge is 0.228 e. The highest BCUT2D eigenvalue weighted by atomic mass is 32.2. The Balaban J connectivity index is 2.59. The SMILES string of the molecule is O=C1Sc2cccc3ccc(O)c1c23. The first-order valence-electron chi connectivity index (χ1n) is 4.24. The standard InChI is InChI=1S/C11H6O2S/c12-7-5-4-6-2-1-3-8-9(6)10(7)11(13)14-8/h1-5,12H. The average Bonchev–Trinajstić information content (AvgIpc) is 2.51. The van der Waals surface area contributed by atoms with E-state index in [1.54, 1.807) is 6.07 Å². The number of hydrogen-bond acceptors (Lipinski definition) is 3. The van der Waals surface area contributed by atoms with Crippen LogP contribution in [0.5, 0.6) is 5.75 Å². The Labute approximate surface area is 84.6 Å². The molecule has 1 heterocycles. The van der Waals surface area contributed by atoms with Gasteiger partial charge in [-0.25, -0.2) is 0 Å². The molecule has 3 rings (SSSR count). The summed E-state index contributed by atoms with van der Waals surface area (Å²) in [7, 11) is 0. The maximum absolute atomic E-state index is 11.6. The summed E-state index contributed by atoms with van der Waals surface area (Å²) in [5.74, 6) is 0.0833. The van der Waals surface area contributed by atoms with E-state index in [-0.39, 0.29) is 10.9 Å². The predicted octanol–water partition coefficient (Wildman–Crippen LogP) is 2.79. The molecule has 1 aliphatic heterocycles. The summed E-state index contributed by atoms with van der Waals surface area (Å²) in [5.41, 5.74) is 0.461. The fourth-order valence-corrected chi connectivity index (χ4v) is 2.75. The Bertz CT molecular complexity index is 560. The van der Waals surface area contributed by atoms with Crippen LogP contribution in [0, 0.1) is 0 Å². The highest BCUT2D eigenvalue weighted by Crippen LogP contribution is 2.43. The first-order chi connectivity index (χ1) is 6.77. The fraction of sp³-hybridized carbons (Fsp3) is 0. The molecule has 2 aromatic carbocycles. The minimum atomic E-state index is -0.0608. The van der Waals surface area contributed by atoms with E-state index in [0.717, 1.165) is 15.7 Å². The highest BCUT2D eigenvalue weighted by Gasteiger charge is 2.25. The van der Waals surface area contributed by atoms with Crippen LogP contribution >= 0.6 is 11.8 Å². The summed E-state index contributed by atoms with van der Waals surface area (Å²) in [6.07, 6.45) is 0.